The molecule has 0 spiro atoms. The second kappa shape index (κ2) is 10.2. The predicted molar refractivity (Wildman–Crippen MR) is 101 cm³/mol. The average molecular weight is 374 g/mol. The molecule has 0 aliphatic heterocycles. The zero-order chi connectivity index (χ0) is 20.6. The van der Waals surface area contributed by atoms with E-state index in [2.05, 4.69) is 0 Å². The SMILES string of the molecule is CCOc1cc(C=C(C#N)C(=O)OC(C)C)ccc1OC(C)C(=O)N(C)C. The molecule has 0 aliphatic carbocycles. The number of ether oxygens (including phenoxy) is 3. The van der Waals surface area contributed by atoms with Gasteiger partial charge in [-0.3, -0.25) is 4.79 Å². The predicted octanol–water partition coefficient (Wildman–Crippen LogP) is 2.80. The summed E-state index contributed by atoms with van der Waals surface area (Å²) in [4.78, 5) is 25.4. The lowest BCUT2D eigenvalue weighted by atomic mass is 10.1. The van der Waals surface area contributed by atoms with Crippen molar-refractivity contribution in [2.75, 3.05) is 20.7 Å². The molecule has 0 saturated carbocycles. The van der Waals surface area contributed by atoms with E-state index in [-0.39, 0.29) is 17.6 Å². The molecule has 0 heterocycles. The number of rotatable bonds is 8. The lowest BCUT2D eigenvalue weighted by molar-refractivity contribution is -0.142. The Balaban J connectivity index is 3.14. The maximum Gasteiger partial charge on any atom is 0.349 e. The number of nitrogens with zero attached hydrogens (tertiary/aromatic N) is 2. The Morgan fingerprint density at radius 3 is 2.41 bits per heavy atom. The average Bonchev–Trinajstić information content (AvgIpc) is 2.60. The number of hydrogen-bond acceptors (Lipinski definition) is 6. The van der Waals surface area contributed by atoms with Crippen LogP contribution in [0.25, 0.3) is 6.08 Å². The van der Waals surface area contributed by atoms with Gasteiger partial charge < -0.3 is 19.1 Å². The van der Waals surface area contributed by atoms with Crippen molar-refractivity contribution < 1.29 is 23.8 Å². The van der Waals surface area contributed by atoms with Crippen molar-refractivity contribution in [3.05, 3.63) is 29.3 Å². The molecule has 1 rings (SSSR count). The zero-order valence-corrected chi connectivity index (χ0v) is 16.6. The summed E-state index contributed by atoms with van der Waals surface area (Å²) in [7, 11) is 3.30. The van der Waals surface area contributed by atoms with E-state index >= 15 is 0 Å². The van der Waals surface area contributed by atoms with E-state index in [1.165, 1.54) is 11.0 Å². The number of likely N-dealkylation sites (N-methyl/N-ethyl adjacent to an activating group) is 1. The van der Waals surface area contributed by atoms with Crippen molar-refractivity contribution in [1.29, 1.82) is 5.26 Å². The molecule has 0 radical (unpaired) electrons. The molecule has 1 unspecified atom stereocenters. The van der Waals surface area contributed by atoms with Gasteiger partial charge in [-0.25, -0.2) is 4.79 Å². The van der Waals surface area contributed by atoms with Gasteiger partial charge in [-0.15, -0.1) is 0 Å². The monoisotopic (exact) mass is 374 g/mol. The molecule has 0 saturated heterocycles. The molecule has 7 nitrogen and oxygen atoms in total. The van der Waals surface area contributed by atoms with E-state index in [1.54, 1.807) is 53.1 Å². The van der Waals surface area contributed by atoms with Crippen LogP contribution in [0.2, 0.25) is 0 Å². The van der Waals surface area contributed by atoms with Crippen LogP contribution < -0.4 is 9.47 Å². The van der Waals surface area contributed by atoms with Crippen molar-refractivity contribution in [3.63, 3.8) is 0 Å². The van der Waals surface area contributed by atoms with Crippen LogP contribution in [0, 0.1) is 11.3 Å². The number of nitriles is 1. The first-order valence-electron chi connectivity index (χ1n) is 8.67. The van der Waals surface area contributed by atoms with Crippen LogP contribution in [0.3, 0.4) is 0 Å². The molecule has 7 heteroatoms. The third-order valence-corrected chi connectivity index (χ3v) is 3.35. The standard InChI is InChI=1S/C20H26N2O5/c1-7-25-18-11-15(10-16(12-21)20(24)26-13(2)3)8-9-17(18)27-14(4)19(23)22(5)6/h8-11,13-14H,7H2,1-6H3. The summed E-state index contributed by atoms with van der Waals surface area (Å²) in [6.07, 6.45) is 0.418. The fourth-order valence-electron chi connectivity index (χ4n) is 2.17. The van der Waals surface area contributed by atoms with Gasteiger partial charge in [0.05, 0.1) is 12.7 Å². The van der Waals surface area contributed by atoms with E-state index in [0.29, 0.717) is 23.7 Å². The number of hydrogen-bond donors (Lipinski definition) is 0. The van der Waals surface area contributed by atoms with Crippen molar-refractivity contribution >= 4 is 18.0 Å². The normalized spacial score (nSPS) is 12.1. The molecule has 27 heavy (non-hydrogen) atoms. The largest absolute Gasteiger partial charge is 0.490 e. The first-order chi connectivity index (χ1) is 12.7. The van der Waals surface area contributed by atoms with E-state index < -0.39 is 12.1 Å². The van der Waals surface area contributed by atoms with Crippen molar-refractivity contribution in [1.82, 2.24) is 4.90 Å². The summed E-state index contributed by atoms with van der Waals surface area (Å²) in [6.45, 7) is 7.29. The quantitative estimate of drug-likeness (QED) is 0.395. The molecule has 1 aromatic carbocycles. The summed E-state index contributed by atoms with van der Waals surface area (Å²) in [6, 6.07) is 6.80. The van der Waals surface area contributed by atoms with Gasteiger partial charge in [0.15, 0.2) is 17.6 Å². The maximum atomic E-state index is 12.0. The van der Waals surface area contributed by atoms with Gasteiger partial charge in [-0.2, -0.15) is 5.26 Å². The van der Waals surface area contributed by atoms with Crippen molar-refractivity contribution in [3.8, 4) is 17.6 Å². The Morgan fingerprint density at radius 1 is 1.22 bits per heavy atom. The van der Waals surface area contributed by atoms with Crippen LogP contribution in [-0.4, -0.2) is 49.7 Å². The van der Waals surface area contributed by atoms with Crippen LogP contribution in [0.1, 0.15) is 33.3 Å². The molecule has 0 aliphatic rings. The highest BCUT2D eigenvalue weighted by Crippen LogP contribution is 2.30. The number of amides is 1. The number of carbonyl (C=O) groups excluding carboxylic acids is 2. The van der Waals surface area contributed by atoms with E-state index in [1.807, 2.05) is 13.0 Å². The fraction of sp³-hybridized carbons (Fsp3) is 0.450. The van der Waals surface area contributed by atoms with Gasteiger partial charge in [0.2, 0.25) is 0 Å². The third-order valence-electron chi connectivity index (χ3n) is 3.35. The topological polar surface area (TPSA) is 88.9 Å². The second-order valence-electron chi connectivity index (χ2n) is 6.26. The van der Waals surface area contributed by atoms with Crippen LogP contribution in [0.15, 0.2) is 23.8 Å². The Bertz CT molecular complexity index is 747. The molecule has 1 atom stereocenters. The molecular weight excluding hydrogens is 348 g/mol. The zero-order valence-electron chi connectivity index (χ0n) is 16.6. The summed E-state index contributed by atoms with van der Waals surface area (Å²) < 4.78 is 16.3. The molecule has 146 valence electrons. The lowest BCUT2D eigenvalue weighted by Crippen LogP contribution is -2.35. The van der Waals surface area contributed by atoms with Crippen molar-refractivity contribution in [2.24, 2.45) is 0 Å². The molecule has 1 aromatic rings. The van der Waals surface area contributed by atoms with E-state index in [0.717, 1.165) is 0 Å². The minimum absolute atomic E-state index is 0.115. The van der Waals surface area contributed by atoms with Crippen LogP contribution in [-0.2, 0) is 14.3 Å². The highest BCUT2D eigenvalue weighted by molar-refractivity contribution is 5.98. The minimum atomic E-state index is -0.684. The lowest BCUT2D eigenvalue weighted by Gasteiger charge is -2.20. The molecule has 0 aromatic heterocycles. The van der Waals surface area contributed by atoms with Gasteiger partial charge in [-0.1, -0.05) is 6.07 Å². The van der Waals surface area contributed by atoms with Gasteiger partial charge in [0, 0.05) is 14.1 Å². The summed E-state index contributed by atoms with van der Waals surface area (Å²) >= 11 is 0. The second-order valence-corrected chi connectivity index (χ2v) is 6.26. The minimum Gasteiger partial charge on any atom is -0.490 e. The Kier molecular flexibility index (Phi) is 8.34. The molecule has 0 bridgehead atoms. The molecule has 0 N–H and O–H groups in total. The summed E-state index contributed by atoms with van der Waals surface area (Å²) in [5.41, 5.74) is 0.464. The summed E-state index contributed by atoms with van der Waals surface area (Å²) in [5, 5.41) is 9.21. The highest BCUT2D eigenvalue weighted by atomic mass is 16.5. The van der Waals surface area contributed by atoms with Gasteiger partial charge >= 0.3 is 5.97 Å². The molecule has 0 fully saturated rings. The smallest absolute Gasteiger partial charge is 0.349 e. The third kappa shape index (κ3) is 6.66. The Hall–Kier alpha value is -3.01. The van der Waals surface area contributed by atoms with Crippen molar-refractivity contribution in [2.45, 2.75) is 39.9 Å². The van der Waals surface area contributed by atoms with Crippen LogP contribution in [0.4, 0.5) is 0 Å². The van der Waals surface area contributed by atoms with Gasteiger partial charge in [0.25, 0.3) is 5.91 Å². The van der Waals surface area contributed by atoms with Gasteiger partial charge in [-0.05, 0) is 51.5 Å². The molecule has 1 amide bonds. The maximum absolute atomic E-state index is 12.0. The number of esters is 1. The fourth-order valence-corrected chi connectivity index (χ4v) is 2.17. The van der Waals surface area contributed by atoms with E-state index in [9.17, 15) is 14.9 Å². The Morgan fingerprint density at radius 2 is 1.89 bits per heavy atom. The number of carbonyl (C=O) groups is 2. The summed E-state index contributed by atoms with van der Waals surface area (Å²) in [5.74, 6) is -0.0419. The number of benzene rings is 1. The van der Waals surface area contributed by atoms with Gasteiger partial charge in [0.1, 0.15) is 11.6 Å². The first kappa shape index (κ1) is 22.0. The highest BCUT2D eigenvalue weighted by Gasteiger charge is 2.19. The van der Waals surface area contributed by atoms with Crippen LogP contribution in [0.5, 0.6) is 11.5 Å². The first-order valence-corrected chi connectivity index (χ1v) is 8.67. The Labute approximate surface area is 160 Å². The molecular formula is C20H26N2O5. The van der Waals surface area contributed by atoms with Crippen LogP contribution >= 0.6 is 0 Å². The van der Waals surface area contributed by atoms with E-state index in [4.69, 9.17) is 14.2 Å².